The van der Waals surface area contributed by atoms with E-state index in [1.165, 1.54) is 0 Å². The topological polar surface area (TPSA) is 23.8 Å². The molecule has 1 rings (SSSR count). The summed E-state index contributed by atoms with van der Waals surface area (Å²) in [5, 5.41) is 8.74. The second kappa shape index (κ2) is 5.16. The van der Waals surface area contributed by atoms with Crippen molar-refractivity contribution in [1.29, 1.82) is 5.26 Å². The van der Waals surface area contributed by atoms with Crippen LogP contribution in [0.15, 0.2) is 23.1 Å². The van der Waals surface area contributed by atoms with Crippen molar-refractivity contribution in [1.82, 2.24) is 0 Å². The Morgan fingerprint density at radius 1 is 1.46 bits per heavy atom. The van der Waals surface area contributed by atoms with Gasteiger partial charge in [-0.2, -0.15) is 5.26 Å². The molecule has 68 valence electrons. The van der Waals surface area contributed by atoms with E-state index in [-0.39, 0.29) is 0 Å². The highest BCUT2D eigenvalue weighted by Gasteiger charge is 2.02. The van der Waals surface area contributed by atoms with Crippen LogP contribution in [-0.4, -0.2) is 5.88 Å². The zero-order valence-electron chi connectivity index (χ0n) is 7.13. The molecule has 1 nitrogen and oxygen atoms in total. The molecule has 0 saturated heterocycles. The Hall–Kier alpha value is -0.650. The Bertz CT molecular complexity index is 330. The molecule has 0 radical (unpaired) electrons. The molecule has 3 heteroatoms. The second-order valence-corrected chi connectivity index (χ2v) is 3.54. The molecule has 1 aromatic rings. The molecule has 0 fully saturated rings. The molecular formula is C10H10ClNS. The van der Waals surface area contributed by atoms with Crippen LogP contribution in [0.5, 0.6) is 0 Å². The Kier molecular flexibility index (Phi) is 4.14. The average Bonchev–Trinajstić information content (AvgIpc) is 2.16. The van der Waals surface area contributed by atoms with Crippen LogP contribution in [-0.2, 0) is 6.42 Å². The average molecular weight is 212 g/mol. The molecule has 1 aromatic carbocycles. The summed E-state index contributed by atoms with van der Waals surface area (Å²) in [5.41, 5.74) is 1.73. The highest BCUT2D eigenvalue weighted by atomic mass is 35.5. The van der Waals surface area contributed by atoms with Gasteiger partial charge in [-0.3, -0.25) is 0 Å². The summed E-state index contributed by atoms with van der Waals surface area (Å²) in [6.07, 6.45) is 1.81. The van der Waals surface area contributed by atoms with Crippen LogP contribution >= 0.6 is 24.2 Å². The van der Waals surface area contributed by atoms with Crippen LogP contribution in [0.2, 0.25) is 0 Å². The zero-order valence-corrected chi connectivity index (χ0v) is 8.78. The van der Waals surface area contributed by atoms with E-state index in [9.17, 15) is 0 Å². The summed E-state index contributed by atoms with van der Waals surface area (Å²) in [5.74, 6) is 0.643. The molecule has 0 atom stereocenters. The van der Waals surface area contributed by atoms with E-state index in [1.54, 1.807) is 6.07 Å². The highest BCUT2D eigenvalue weighted by Crippen LogP contribution is 2.19. The van der Waals surface area contributed by atoms with E-state index in [2.05, 4.69) is 18.7 Å². The quantitative estimate of drug-likeness (QED) is 0.603. The number of thiol groups is 1. The van der Waals surface area contributed by atoms with Gasteiger partial charge in [-0.25, -0.2) is 0 Å². The van der Waals surface area contributed by atoms with E-state index in [0.29, 0.717) is 11.4 Å². The van der Waals surface area contributed by atoms with Crippen LogP contribution in [0.25, 0.3) is 0 Å². The molecule has 0 aliphatic heterocycles. The fraction of sp³-hybridized carbons (Fsp3) is 0.300. The number of nitriles is 1. The molecule has 0 bridgehead atoms. The van der Waals surface area contributed by atoms with Gasteiger partial charge in [-0.05, 0) is 24.5 Å². The second-order valence-electron chi connectivity index (χ2n) is 2.72. The molecule has 13 heavy (non-hydrogen) atoms. The number of aryl methyl sites for hydroxylation is 1. The third-order valence-corrected chi connectivity index (χ3v) is 2.62. The van der Waals surface area contributed by atoms with Gasteiger partial charge >= 0.3 is 0 Å². The summed E-state index contributed by atoms with van der Waals surface area (Å²) in [6.45, 7) is 0. The van der Waals surface area contributed by atoms with Gasteiger partial charge in [0.25, 0.3) is 0 Å². The molecule has 0 heterocycles. The number of hydrogen-bond donors (Lipinski definition) is 1. The molecule has 0 aliphatic rings. The maximum Gasteiger partial charge on any atom is 0.100 e. The Labute approximate surface area is 88.7 Å². The van der Waals surface area contributed by atoms with Gasteiger partial charge in [0.15, 0.2) is 0 Å². The Morgan fingerprint density at radius 2 is 2.23 bits per heavy atom. The van der Waals surface area contributed by atoms with E-state index >= 15 is 0 Å². The molecule has 0 aromatic heterocycles. The van der Waals surface area contributed by atoms with Crippen molar-refractivity contribution in [2.45, 2.75) is 17.7 Å². The summed E-state index contributed by atoms with van der Waals surface area (Å²) in [6, 6.07) is 7.73. The van der Waals surface area contributed by atoms with Gasteiger partial charge in [-0.15, -0.1) is 24.2 Å². The first-order chi connectivity index (χ1) is 6.29. The predicted octanol–water partition coefficient (Wildman–Crippen LogP) is 3.02. The fourth-order valence-electron chi connectivity index (χ4n) is 1.14. The third kappa shape index (κ3) is 2.65. The van der Waals surface area contributed by atoms with E-state index in [4.69, 9.17) is 16.9 Å². The highest BCUT2D eigenvalue weighted by molar-refractivity contribution is 7.80. The lowest BCUT2D eigenvalue weighted by atomic mass is 10.1. The zero-order chi connectivity index (χ0) is 9.68. The lowest BCUT2D eigenvalue weighted by Crippen LogP contribution is -1.90. The predicted molar refractivity (Wildman–Crippen MR) is 57.5 cm³/mol. The van der Waals surface area contributed by atoms with Crippen molar-refractivity contribution in [3.63, 3.8) is 0 Å². The SMILES string of the molecule is N#Cc1cccc(CCCCl)c1S. The normalized spacial score (nSPS) is 9.62. The van der Waals surface area contributed by atoms with Crippen molar-refractivity contribution in [2.75, 3.05) is 5.88 Å². The molecule has 0 amide bonds. The van der Waals surface area contributed by atoms with Crippen molar-refractivity contribution in [3.8, 4) is 6.07 Å². The third-order valence-electron chi connectivity index (χ3n) is 1.82. The van der Waals surface area contributed by atoms with Gasteiger partial charge in [0.2, 0.25) is 0 Å². The number of rotatable bonds is 3. The Morgan fingerprint density at radius 3 is 2.85 bits per heavy atom. The fourth-order valence-corrected chi connectivity index (χ4v) is 1.59. The number of hydrogen-bond acceptors (Lipinski definition) is 2. The minimum absolute atomic E-state index is 0.635. The first-order valence-electron chi connectivity index (χ1n) is 4.06. The summed E-state index contributed by atoms with van der Waals surface area (Å²) < 4.78 is 0. The lowest BCUT2D eigenvalue weighted by Gasteiger charge is -2.04. The van der Waals surface area contributed by atoms with E-state index in [0.717, 1.165) is 23.3 Å². The molecule has 0 spiro atoms. The van der Waals surface area contributed by atoms with Crippen LogP contribution in [0.4, 0.5) is 0 Å². The van der Waals surface area contributed by atoms with Crippen LogP contribution < -0.4 is 0 Å². The van der Waals surface area contributed by atoms with E-state index < -0.39 is 0 Å². The van der Waals surface area contributed by atoms with Gasteiger partial charge in [0.05, 0.1) is 5.56 Å². The summed E-state index contributed by atoms with van der Waals surface area (Å²) >= 11 is 9.89. The van der Waals surface area contributed by atoms with Crippen molar-refractivity contribution < 1.29 is 0 Å². The smallest absolute Gasteiger partial charge is 0.100 e. The van der Waals surface area contributed by atoms with Gasteiger partial charge < -0.3 is 0 Å². The van der Waals surface area contributed by atoms with Crippen molar-refractivity contribution >= 4 is 24.2 Å². The van der Waals surface area contributed by atoms with Crippen molar-refractivity contribution in [3.05, 3.63) is 29.3 Å². The van der Waals surface area contributed by atoms with E-state index in [1.807, 2.05) is 12.1 Å². The van der Waals surface area contributed by atoms with Gasteiger partial charge in [0, 0.05) is 10.8 Å². The van der Waals surface area contributed by atoms with Crippen LogP contribution in [0, 0.1) is 11.3 Å². The molecule has 0 aliphatic carbocycles. The molecule has 0 N–H and O–H groups in total. The van der Waals surface area contributed by atoms with Gasteiger partial charge in [-0.1, -0.05) is 12.1 Å². The number of benzene rings is 1. The summed E-state index contributed by atoms with van der Waals surface area (Å²) in [4.78, 5) is 0.787. The monoisotopic (exact) mass is 211 g/mol. The maximum atomic E-state index is 8.74. The molecular weight excluding hydrogens is 202 g/mol. The lowest BCUT2D eigenvalue weighted by molar-refractivity contribution is 0.906. The Balaban J connectivity index is 2.90. The molecule has 0 saturated carbocycles. The van der Waals surface area contributed by atoms with Crippen molar-refractivity contribution in [2.24, 2.45) is 0 Å². The largest absolute Gasteiger partial charge is 0.192 e. The minimum atomic E-state index is 0.635. The first kappa shape index (κ1) is 10.4. The maximum absolute atomic E-state index is 8.74. The number of nitrogens with zero attached hydrogens (tertiary/aromatic N) is 1. The standard InChI is InChI=1S/C10H10ClNS/c11-6-2-5-8-3-1-4-9(7-12)10(8)13/h1,3-4,13H,2,5-6H2. The minimum Gasteiger partial charge on any atom is -0.192 e. The van der Waals surface area contributed by atoms with Crippen LogP contribution in [0.3, 0.4) is 0 Å². The number of alkyl halides is 1. The first-order valence-corrected chi connectivity index (χ1v) is 5.04. The van der Waals surface area contributed by atoms with Gasteiger partial charge in [0.1, 0.15) is 6.07 Å². The molecule has 0 unspecified atom stereocenters. The number of halogens is 1. The summed E-state index contributed by atoms with van der Waals surface area (Å²) in [7, 11) is 0. The van der Waals surface area contributed by atoms with Crippen LogP contribution in [0.1, 0.15) is 17.5 Å².